The van der Waals surface area contributed by atoms with Gasteiger partial charge in [0.05, 0.1) is 6.54 Å². The van der Waals surface area contributed by atoms with Gasteiger partial charge in [-0.05, 0) is 43.6 Å². The van der Waals surface area contributed by atoms with Crippen molar-refractivity contribution in [1.29, 1.82) is 0 Å². The molecule has 0 saturated carbocycles. The van der Waals surface area contributed by atoms with Crippen LogP contribution >= 0.6 is 11.3 Å². The quantitative estimate of drug-likeness (QED) is 0.715. The lowest BCUT2D eigenvalue weighted by atomic mass is 9.97. The van der Waals surface area contributed by atoms with Crippen LogP contribution < -0.4 is 5.32 Å². The summed E-state index contributed by atoms with van der Waals surface area (Å²) >= 11 is 1.24. The zero-order valence-electron chi connectivity index (χ0n) is 15.0. The fraction of sp³-hybridized carbons (Fsp3) is 0.611. The minimum atomic E-state index is -3.38. The first-order chi connectivity index (χ1) is 12.6. The van der Waals surface area contributed by atoms with Gasteiger partial charge in [-0.2, -0.15) is 4.31 Å². The summed E-state index contributed by atoms with van der Waals surface area (Å²) in [4.78, 5) is 14.1. The topological polar surface area (TPSA) is 69.7 Å². The van der Waals surface area contributed by atoms with E-state index in [4.69, 9.17) is 0 Å². The number of hydrogen-bond acceptors (Lipinski definition) is 5. The number of rotatable bonds is 7. The molecule has 26 heavy (non-hydrogen) atoms. The van der Waals surface area contributed by atoms with Crippen LogP contribution in [-0.2, 0) is 14.8 Å². The Morgan fingerprint density at radius 2 is 2.00 bits per heavy atom. The van der Waals surface area contributed by atoms with Gasteiger partial charge in [0.15, 0.2) is 0 Å². The first-order valence-corrected chi connectivity index (χ1v) is 11.6. The minimum Gasteiger partial charge on any atom is -0.355 e. The summed E-state index contributed by atoms with van der Waals surface area (Å²) in [5.74, 6) is 0.0240. The summed E-state index contributed by atoms with van der Waals surface area (Å²) in [6.45, 7) is 3.07. The summed E-state index contributed by atoms with van der Waals surface area (Å²) < 4.78 is 26.9. The van der Waals surface area contributed by atoms with Gasteiger partial charge >= 0.3 is 0 Å². The van der Waals surface area contributed by atoms with E-state index in [9.17, 15) is 13.2 Å². The second-order valence-electron chi connectivity index (χ2n) is 6.82. The van der Waals surface area contributed by atoms with E-state index in [1.54, 1.807) is 17.5 Å². The molecule has 1 aliphatic carbocycles. The monoisotopic (exact) mass is 397 g/mol. The lowest BCUT2D eigenvalue weighted by molar-refractivity contribution is -0.122. The van der Waals surface area contributed by atoms with Crippen molar-refractivity contribution in [3.8, 4) is 0 Å². The van der Waals surface area contributed by atoms with Gasteiger partial charge in [0.25, 0.3) is 10.0 Å². The van der Waals surface area contributed by atoms with Crippen LogP contribution in [0.25, 0.3) is 0 Å². The summed E-state index contributed by atoms with van der Waals surface area (Å²) in [5.41, 5.74) is 1.46. The zero-order valence-corrected chi connectivity index (χ0v) is 16.7. The molecule has 1 fully saturated rings. The van der Waals surface area contributed by atoms with E-state index in [0.717, 1.165) is 12.8 Å². The molecule has 0 radical (unpaired) electrons. The van der Waals surface area contributed by atoms with Crippen molar-refractivity contribution in [1.82, 2.24) is 14.5 Å². The molecule has 0 unspecified atom stereocenters. The maximum Gasteiger partial charge on any atom is 0.252 e. The smallest absolute Gasteiger partial charge is 0.252 e. The van der Waals surface area contributed by atoms with Crippen molar-refractivity contribution in [3.63, 3.8) is 0 Å². The Labute approximate surface area is 159 Å². The fourth-order valence-corrected chi connectivity index (χ4v) is 5.99. The maximum absolute atomic E-state index is 12.5. The third kappa shape index (κ3) is 5.16. The van der Waals surface area contributed by atoms with Crippen molar-refractivity contribution in [2.75, 3.05) is 39.3 Å². The molecule has 1 amide bonds. The molecular formula is C18H27N3O3S2. The molecule has 1 aromatic heterocycles. The molecule has 0 aromatic carbocycles. The van der Waals surface area contributed by atoms with E-state index >= 15 is 0 Å². The fourth-order valence-electron chi connectivity index (χ4n) is 3.42. The number of amides is 1. The summed E-state index contributed by atoms with van der Waals surface area (Å²) in [5, 5.41) is 4.76. The second kappa shape index (κ2) is 9.12. The van der Waals surface area contributed by atoms with Crippen LogP contribution in [0.3, 0.4) is 0 Å². The van der Waals surface area contributed by atoms with Crippen LogP contribution in [0.5, 0.6) is 0 Å². The third-order valence-electron chi connectivity index (χ3n) is 4.94. The lowest BCUT2D eigenvalue weighted by Crippen LogP contribution is -2.51. The number of thiophene rings is 1. The van der Waals surface area contributed by atoms with E-state index in [1.165, 1.54) is 40.5 Å². The number of sulfonamides is 1. The minimum absolute atomic E-state index is 0.0240. The van der Waals surface area contributed by atoms with Crippen molar-refractivity contribution in [3.05, 3.63) is 29.2 Å². The van der Waals surface area contributed by atoms with E-state index < -0.39 is 10.0 Å². The Bertz CT molecular complexity index is 721. The molecular weight excluding hydrogens is 370 g/mol. The van der Waals surface area contributed by atoms with Gasteiger partial charge < -0.3 is 5.32 Å². The molecule has 3 rings (SSSR count). The molecule has 1 aliphatic heterocycles. The first-order valence-electron chi connectivity index (χ1n) is 9.26. The van der Waals surface area contributed by atoms with Gasteiger partial charge in [-0.3, -0.25) is 9.69 Å². The Morgan fingerprint density at radius 3 is 2.65 bits per heavy atom. The predicted molar refractivity (Wildman–Crippen MR) is 104 cm³/mol. The normalized spacial score (nSPS) is 19.9. The Morgan fingerprint density at radius 1 is 1.19 bits per heavy atom. The molecule has 144 valence electrons. The van der Waals surface area contributed by atoms with Gasteiger partial charge in [-0.15, -0.1) is 11.3 Å². The zero-order chi connectivity index (χ0) is 18.4. The molecule has 8 heteroatoms. The molecule has 1 saturated heterocycles. The number of nitrogens with zero attached hydrogens (tertiary/aromatic N) is 2. The molecule has 0 atom stereocenters. The van der Waals surface area contributed by atoms with Crippen molar-refractivity contribution >= 4 is 27.3 Å². The van der Waals surface area contributed by atoms with Gasteiger partial charge in [0.1, 0.15) is 4.21 Å². The standard InChI is InChI=1S/C18H27N3O3S2/c22-17(19-9-8-16-5-2-1-3-6-16)15-20-10-12-21(13-11-20)26(23,24)18-7-4-14-25-18/h4-5,7,14H,1-3,6,8-13,15H2,(H,19,22). The predicted octanol–water partition coefficient (Wildman–Crippen LogP) is 2.06. The Kier molecular flexibility index (Phi) is 6.86. The lowest BCUT2D eigenvalue weighted by Gasteiger charge is -2.33. The SMILES string of the molecule is O=C(CN1CCN(S(=O)(=O)c2cccs2)CC1)NCCC1=CCCCC1. The van der Waals surface area contributed by atoms with E-state index in [1.807, 2.05) is 4.90 Å². The molecule has 0 spiro atoms. The van der Waals surface area contributed by atoms with E-state index in [-0.39, 0.29) is 5.91 Å². The highest BCUT2D eigenvalue weighted by Gasteiger charge is 2.29. The Balaban J connectivity index is 1.38. The number of nitrogens with one attached hydrogen (secondary N) is 1. The molecule has 1 aromatic rings. The van der Waals surface area contributed by atoms with Crippen LogP contribution in [0.15, 0.2) is 33.4 Å². The van der Waals surface area contributed by atoms with Crippen molar-refractivity contribution in [2.45, 2.75) is 36.3 Å². The average Bonchev–Trinajstić information content (AvgIpc) is 3.19. The molecule has 1 N–H and O–H groups in total. The summed E-state index contributed by atoms with van der Waals surface area (Å²) in [6, 6.07) is 3.39. The number of carbonyl (C=O) groups excluding carboxylic acids is 1. The molecule has 6 nitrogen and oxygen atoms in total. The van der Waals surface area contributed by atoms with Crippen LogP contribution in [-0.4, -0.2) is 62.8 Å². The Hall–Kier alpha value is -1.22. The van der Waals surface area contributed by atoms with Gasteiger partial charge in [0, 0.05) is 32.7 Å². The highest BCUT2D eigenvalue weighted by molar-refractivity contribution is 7.91. The van der Waals surface area contributed by atoms with Crippen molar-refractivity contribution < 1.29 is 13.2 Å². The maximum atomic E-state index is 12.5. The first kappa shape index (κ1) is 19.5. The largest absolute Gasteiger partial charge is 0.355 e. The molecule has 0 bridgehead atoms. The third-order valence-corrected chi connectivity index (χ3v) is 8.21. The number of carbonyl (C=O) groups is 1. The van der Waals surface area contributed by atoms with Crippen LogP contribution in [0.1, 0.15) is 32.1 Å². The van der Waals surface area contributed by atoms with Gasteiger partial charge in [0.2, 0.25) is 5.91 Å². The highest BCUT2D eigenvalue weighted by Crippen LogP contribution is 2.22. The van der Waals surface area contributed by atoms with Crippen LogP contribution in [0.2, 0.25) is 0 Å². The van der Waals surface area contributed by atoms with Gasteiger partial charge in [-0.1, -0.05) is 17.7 Å². The summed E-state index contributed by atoms with van der Waals surface area (Å²) in [6.07, 6.45) is 8.13. The van der Waals surface area contributed by atoms with Crippen LogP contribution in [0.4, 0.5) is 0 Å². The number of piperazine rings is 1. The number of hydrogen-bond donors (Lipinski definition) is 1. The van der Waals surface area contributed by atoms with Crippen LogP contribution in [0, 0.1) is 0 Å². The van der Waals surface area contributed by atoms with Gasteiger partial charge in [-0.25, -0.2) is 8.42 Å². The molecule has 2 aliphatic rings. The summed E-state index contributed by atoms with van der Waals surface area (Å²) in [7, 11) is -3.38. The highest BCUT2D eigenvalue weighted by atomic mass is 32.2. The average molecular weight is 398 g/mol. The van der Waals surface area contributed by atoms with E-state index in [0.29, 0.717) is 43.5 Å². The second-order valence-corrected chi connectivity index (χ2v) is 9.93. The van der Waals surface area contributed by atoms with E-state index in [2.05, 4.69) is 11.4 Å². The number of allylic oxidation sites excluding steroid dienone is 1. The molecule has 2 heterocycles. The van der Waals surface area contributed by atoms with Crippen molar-refractivity contribution in [2.24, 2.45) is 0 Å².